The van der Waals surface area contributed by atoms with Crippen LogP contribution in [0.4, 0.5) is 0 Å². The Hall–Kier alpha value is -1.64. The first-order chi connectivity index (χ1) is 10.7. The second kappa shape index (κ2) is 7.57. The molecule has 0 N–H and O–H groups in total. The number of hydrogen-bond donors (Lipinski definition) is 0. The van der Waals surface area contributed by atoms with E-state index in [0.29, 0.717) is 0 Å². The van der Waals surface area contributed by atoms with Gasteiger partial charge < -0.3 is 4.43 Å². The first-order valence-corrected chi connectivity index (χ1v) is 10.0. The lowest BCUT2D eigenvalue weighted by Crippen LogP contribution is -2.61. The lowest BCUT2D eigenvalue weighted by molar-refractivity contribution is 0.314. The second-order valence-corrected chi connectivity index (χ2v) is 9.02. The average molecular weight is 311 g/mol. The van der Waals surface area contributed by atoms with E-state index in [4.69, 9.17) is 4.43 Å². The number of aryl methyl sites for hydroxylation is 2. The van der Waals surface area contributed by atoms with E-state index in [2.05, 4.69) is 81.6 Å². The molecule has 0 aliphatic heterocycles. The molecule has 0 saturated heterocycles. The van der Waals surface area contributed by atoms with Crippen molar-refractivity contribution < 1.29 is 4.43 Å². The Balaban J connectivity index is 2.60. The lowest BCUT2D eigenvalue weighted by Gasteiger charge is -2.31. The molecule has 0 radical (unpaired) electrons. The maximum Gasteiger partial charge on any atom is 0.280 e. The van der Waals surface area contributed by atoms with Crippen LogP contribution in [-0.2, 0) is 4.43 Å². The fourth-order valence-electron chi connectivity index (χ4n) is 2.94. The van der Waals surface area contributed by atoms with Gasteiger partial charge in [0, 0.05) is 6.61 Å². The maximum absolute atomic E-state index is 6.57. The van der Waals surface area contributed by atoms with Crippen LogP contribution >= 0.6 is 0 Å². The molecule has 2 aromatic rings. The minimum Gasteiger partial charge on any atom is -0.405 e. The first kappa shape index (κ1) is 16.7. The van der Waals surface area contributed by atoms with Crippen LogP contribution in [0.3, 0.4) is 0 Å². The average Bonchev–Trinajstić information content (AvgIpc) is 2.54. The van der Waals surface area contributed by atoms with Crippen molar-refractivity contribution in [2.45, 2.75) is 33.6 Å². The van der Waals surface area contributed by atoms with Crippen molar-refractivity contribution in [2.75, 3.05) is 6.61 Å². The van der Waals surface area contributed by atoms with Crippen LogP contribution in [-0.4, -0.2) is 14.9 Å². The topological polar surface area (TPSA) is 9.23 Å². The molecule has 2 rings (SSSR count). The lowest BCUT2D eigenvalue weighted by atomic mass is 10.2. The highest BCUT2D eigenvalue weighted by Gasteiger charge is 2.38. The predicted molar refractivity (Wildman–Crippen MR) is 98.4 cm³/mol. The zero-order valence-electron chi connectivity index (χ0n) is 13.9. The fourth-order valence-corrected chi connectivity index (χ4v) is 6.59. The Morgan fingerprint density at radius 2 is 1.45 bits per heavy atom. The standard InChI is InChI=1S/C20H26OSi/c1-5-7-16-21-22(6-2,19-14-10-8-12-17(19)3)20-15-11-9-13-18(20)4/h6,8-15H,2,5,7,16H2,1,3-4H3. The predicted octanol–water partition coefficient (Wildman–Crippen LogP) is 3.91. The van der Waals surface area contributed by atoms with E-state index in [-0.39, 0.29) is 0 Å². The molecule has 0 aliphatic rings. The van der Waals surface area contributed by atoms with E-state index in [1.54, 1.807) is 0 Å². The van der Waals surface area contributed by atoms with Crippen LogP contribution in [0.5, 0.6) is 0 Å². The highest BCUT2D eigenvalue weighted by molar-refractivity contribution is 7.01. The fraction of sp³-hybridized carbons (Fsp3) is 0.300. The molecule has 0 bridgehead atoms. The molecule has 0 fully saturated rings. The van der Waals surface area contributed by atoms with Crippen LogP contribution < -0.4 is 10.4 Å². The highest BCUT2D eigenvalue weighted by Crippen LogP contribution is 2.14. The van der Waals surface area contributed by atoms with Crippen LogP contribution in [0.15, 0.2) is 60.8 Å². The van der Waals surface area contributed by atoms with Gasteiger partial charge in [0.2, 0.25) is 0 Å². The number of benzene rings is 2. The monoisotopic (exact) mass is 310 g/mol. The largest absolute Gasteiger partial charge is 0.405 e. The maximum atomic E-state index is 6.57. The summed E-state index contributed by atoms with van der Waals surface area (Å²) in [6.07, 6.45) is 2.23. The molecule has 0 heterocycles. The van der Waals surface area contributed by atoms with Crippen molar-refractivity contribution >= 4 is 18.7 Å². The van der Waals surface area contributed by atoms with Crippen LogP contribution in [0.25, 0.3) is 0 Å². The second-order valence-electron chi connectivity index (χ2n) is 5.77. The van der Waals surface area contributed by atoms with Crippen molar-refractivity contribution in [1.29, 1.82) is 0 Å². The van der Waals surface area contributed by atoms with E-state index in [9.17, 15) is 0 Å². The molecule has 0 saturated carbocycles. The third kappa shape index (κ3) is 3.23. The van der Waals surface area contributed by atoms with Crippen LogP contribution in [0, 0.1) is 13.8 Å². The molecule has 0 aliphatic carbocycles. The molecule has 0 atom stereocenters. The van der Waals surface area contributed by atoms with Crippen LogP contribution in [0.2, 0.25) is 0 Å². The Kier molecular flexibility index (Phi) is 5.75. The Labute approximate surface area is 135 Å². The molecule has 22 heavy (non-hydrogen) atoms. The zero-order chi connectivity index (χ0) is 16.0. The van der Waals surface area contributed by atoms with Gasteiger partial charge in [-0.2, -0.15) is 0 Å². The Bertz CT molecular complexity index is 588. The van der Waals surface area contributed by atoms with Gasteiger partial charge in [-0.3, -0.25) is 0 Å². The Morgan fingerprint density at radius 1 is 0.955 bits per heavy atom. The molecular formula is C20H26OSi. The molecule has 2 aromatic carbocycles. The molecule has 2 heteroatoms. The van der Waals surface area contributed by atoms with Gasteiger partial charge in [0.05, 0.1) is 0 Å². The molecule has 0 amide bonds. The van der Waals surface area contributed by atoms with Gasteiger partial charge in [0.1, 0.15) is 0 Å². The third-order valence-corrected chi connectivity index (χ3v) is 8.16. The van der Waals surface area contributed by atoms with Crippen molar-refractivity contribution in [3.8, 4) is 0 Å². The van der Waals surface area contributed by atoms with Gasteiger partial charge >= 0.3 is 0 Å². The summed E-state index contributed by atoms with van der Waals surface area (Å²) in [5.41, 5.74) is 4.66. The van der Waals surface area contributed by atoms with Gasteiger partial charge in [-0.15, -0.1) is 6.58 Å². The van der Waals surface area contributed by atoms with Gasteiger partial charge in [-0.1, -0.05) is 67.6 Å². The summed E-state index contributed by atoms with van der Waals surface area (Å²) in [4.78, 5) is 0. The Morgan fingerprint density at radius 3 is 1.86 bits per heavy atom. The SMILES string of the molecule is C=C[Si](OCCCC)(c1ccccc1C)c1ccccc1C. The van der Waals surface area contributed by atoms with Crippen molar-refractivity contribution in [1.82, 2.24) is 0 Å². The van der Waals surface area contributed by atoms with E-state index in [0.717, 1.165) is 19.4 Å². The molecular weight excluding hydrogens is 284 g/mol. The molecule has 0 unspecified atom stereocenters. The zero-order valence-corrected chi connectivity index (χ0v) is 14.9. The first-order valence-electron chi connectivity index (χ1n) is 8.05. The van der Waals surface area contributed by atoms with E-state index < -0.39 is 8.32 Å². The molecule has 116 valence electrons. The van der Waals surface area contributed by atoms with Gasteiger partial charge in [0.25, 0.3) is 8.32 Å². The summed E-state index contributed by atoms with van der Waals surface area (Å²) < 4.78 is 6.57. The number of unbranched alkanes of at least 4 members (excludes halogenated alkanes) is 1. The molecule has 1 nitrogen and oxygen atoms in total. The van der Waals surface area contributed by atoms with E-state index in [1.165, 1.54) is 21.5 Å². The van der Waals surface area contributed by atoms with Gasteiger partial charge in [-0.05, 0) is 41.8 Å². The quantitative estimate of drug-likeness (QED) is 0.556. The number of rotatable bonds is 7. The van der Waals surface area contributed by atoms with Crippen molar-refractivity contribution in [3.05, 3.63) is 71.9 Å². The third-order valence-electron chi connectivity index (χ3n) is 4.21. The summed E-state index contributed by atoms with van der Waals surface area (Å²) in [7, 11) is -2.38. The summed E-state index contributed by atoms with van der Waals surface area (Å²) in [6.45, 7) is 11.5. The highest BCUT2D eigenvalue weighted by atomic mass is 28.4. The van der Waals surface area contributed by atoms with Crippen LogP contribution in [0.1, 0.15) is 30.9 Å². The summed E-state index contributed by atoms with van der Waals surface area (Å²) in [5, 5.41) is 2.63. The number of hydrogen-bond acceptors (Lipinski definition) is 1. The molecule has 0 spiro atoms. The van der Waals surface area contributed by atoms with Crippen molar-refractivity contribution in [2.24, 2.45) is 0 Å². The minimum absolute atomic E-state index is 0.789. The summed E-state index contributed by atoms with van der Waals surface area (Å²) in [6, 6.07) is 17.1. The smallest absolute Gasteiger partial charge is 0.280 e. The van der Waals surface area contributed by atoms with E-state index in [1.807, 2.05) is 0 Å². The van der Waals surface area contributed by atoms with Gasteiger partial charge in [0.15, 0.2) is 0 Å². The van der Waals surface area contributed by atoms with Crippen molar-refractivity contribution in [3.63, 3.8) is 0 Å². The van der Waals surface area contributed by atoms with E-state index >= 15 is 0 Å². The van der Waals surface area contributed by atoms with Gasteiger partial charge in [-0.25, -0.2) is 0 Å². The normalized spacial score (nSPS) is 11.4. The summed E-state index contributed by atoms with van der Waals surface area (Å²) in [5.74, 6) is 0. The molecule has 0 aromatic heterocycles. The summed E-state index contributed by atoms with van der Waals surface area (Å²) >= 11 is 0. The minimum atomic E-state index is -2.38.